The molecule has 1 aliphatic carbocycles. The zero-order chi connectivity index (χ0) is 37.2. The molecule has 14 heteroatoms. The van der Waals surface area contributed by atoms with Gasteiger partial charge in [-0.15, -0.1) is 0 Å². The number of aromatic nitrogens is 2. The molecule has 278 valence electrons. The summed E-state index contributed by atoms with van der Waals surface area (Å²) in [6.45, 7) is 6.14. The molecule has 1 saturated carbocycles. The number of carbonyl (C=O) groups is 5. The van der Waals surface area contributed by atoms with E-state index < -0.39 is 41.8 Å². The fourth-order valence-electron chi connectivity index (χ4n) is 6.14. The van der Waals surface area contributed by atoms with E-state index in [-0.39, 0.29) is 49.4 Å². The van der Waals surface area contributed by atoms with E-state index in [9.17, 15) is 24.0 Å². The van der Waals surface area contributed by atoms with Gasteiger partial charge in [0.25, 0.3) is 5.91 Å². The number of fused-ring (bicyclic) bond motifs is 17. The van der Waals surface area contributed by atoms with Gasteiger partial charge in [-0.2, -0.15) is 5.10 Å². The van der Waals surface area contributed by atoms with Gasteiger partial charge < -0.3 is 35.6 Å². The standard InChI is InChI=1S/C38H49N7O7/c1-23(2)15-29-22-52-31-13-9-26(10-14-31)17-33(43-35(47)28-18-39-40-19-28)37(49)44-32(16-25-7-11-30(51-4)12-8-25)36(48)41-24(3)38(50)45(20-27-5-6-27)21-34(46)42-29/h7-14,18-19,23-24,27,29,32-33H,5-6,15-17,20-22H2,1-4H3,(H,39,40)(H,41,48)(H,42,46)(H,43,47)(H,44,49)/t24-,29+,32+,33+/m1/s1. The molecule has 0 radical (unpaired) electrons. The van der Waals surface area contributed by atoms with Crippen LogP contribution in [0.5, 0.6) is 11.5 Å². The molecular formula is C38H49N7O7. The lowest BCUT2D eigenvalue weighted by Crippen LogP contribution is -2.58. The summed E-state index contributed by atoms with van der Waals surface area (Å²) >= 11 is 0. The number of benzene rings is 2. The van der Waals surface area contributed by atoms with Crippen molar-refractivity contribution >= 4 is 29.5 Å². The fourth-order valence-corrected chi connectivity index (χ4v) is 6.14. The zero-order valence-electron chi connectivity index (χ0n) is 30.1. The molecule has 4 atom stereocenters. The van der Waals surface area contributed by atoms with Crippen LogP contribution in [-0.4, -0.2) is 95.6 Å². The minimum atomic E-state index is -1.12. The van der Waals surface area contributed by atoms with Gasteiger partial charge in [-0.3, -0.25) is 29.1 Å². The minimum Gasteiger partial charge on any atom is -0.497 e. The van der Waals surface area contributed by atoms with Crippen molar-refractivity contribution < 1.29 is 33.4 Å². The quantitative estimate of drug-likeness (QED) is 0.209. The van der Waals surface area contributed by atoms with Gasteiger partial charge in [-0.1, -0.05) is 38.1 Å². The van der Waals surface area contributed by atoms with Crippen LogP contribution in [0.1, 0.15) is 61.5 Å². The fraction of sp³-hybridized carbons (Fsp3) is 0.474. The molecule has 0 spiro atoms. The van der Waals surface area contributed by atoms with Crippen LogP contribution in [-0.2, 0) is 32.0 Å². The number of methoxy groups -OCH3 is 1. The first-order valence-electron chi connectivity index (χ1n) is 17.8. The third-order valence-electron chi connectivity index (χ3n) is 9.10. The van der Waals surface area contributed by atoms with Gasteiger partial charge in [0, 0.05) is 25.6 Å². The number of aromatic amines is 1. The summed E-state index contributed by atoms with van der Waals surface area (Å²) in [5.41, 5.74) is 1.70. The van der Waals surface area contributed by atoms with Crippen LogP contribution >= 0.6 is 0 Å². The van der Waals surface area contributed by atoms with Crippen LogP contribution in [0.2, 0.25) is 0 Å². The van der Waals surface area contributed by atoms with Crippen molar-refractivity contribution in [3.63, 3.8) is 0 Å². The average Bonchev–Trinajstić information content (AvgIpc) is 3.76. The van der Waals surface area contributed by atoms with E-state index in [2.05, 4.69) is 45.3 Å². The largest absolute Gasteiger partial charge is 0.497 e. The summed E-state index contributed by atoms with van der Waals surface area (Å²) < 4.78 is 11.4. The van der Waals surface area contributed by atoms with Crippen molar-refractivity contribution in [1.82, 2.24) is 36.4 Å². The van der Waals surface area contributed by atoms with Gasteiger partial charge in [-0.25, -0.2) is 0 Å². The number of rotatable bonds is 9. The van der Waals surface area contributed by atoms with E-state index in [1.165, 1.54) is 17.3 Å². The van der Waals surface area contributed by atoms with Crippen LogP contribution in [0, 0.1) is 11.8 Å². The number of hydrogen-bond acceptors (Lipinski definition) is 8. The van der Waals surface area contributed by atoms with Crippen molar-refractivity contribution in [2.24, 2.45) is 11.8 Å². The molecule has 0 saturated heterocycles. The van der Waals surface area contributed by atoms with Crippen molar-refractivity contribution in [1.29, 1.82) is 0 Å². The second kappa shape index (κ2) is 17.7. The molecule has 1 fully saturated rings. The van der Waals surface area contributed by atoms with Gasteiger partial charge in [0.05, 0.1) is 31.5 Å². The second-order valence-electron chi connectivity index (χ2n) is 14.1. The van der Waals surface area contributed by atoms with Gasteiger partial charge >= 0.3 is 0 Å². The smallest absolute Gasteiger partial charge is 0.255 e. The molecule has 1 aromatic heterocycles. The highest BCUT2D eigenvalue weighted by Gasteiger charge is 2.33. The Balaban J connectivity index is 1.46. The topological polar surface area (TPSA) is 184 Å². The molecular weight excluding hydrogens is 666 g/mol. The van der Waals surface area contributed by atoms with E-state index in [0.29, 0.717) is 30.4 Å². The van der Waals surface area contributed by atoms with Crippen molar-refractivity contribution in [3.8, 4) is 11.5 Å². The summed E-state index contributed by atoms with van der Waals surface area (Å²) in [4.78, 5) is 69.9. The Labute approximate surface area is 303 Å². The summed E-state index contributed by atoms with van der Waals surface area (Å²) in [6, 6.07) is 10.7. The molecule has 52 heavy (non-hydrogen) atoms. The number of ether oxygens (including phenoxy) is 2. The third kappa shape index (κ3) is 11.0. The number of amides is 5. The normalized spacial score (nSPS) is 22.2. The van der Waals surface area contributed by atoms with E-state index in [0.717, 1.165) is 24.0 Å². The van der Waals surface area contributed by atoms with Crippen LogP contribution in [0.25, 0.3) is 0 Å². The van der Waals surface area contributed by atoms with E-state index in [4.69, 9.17) is 9.47 Å². The van der Waals surface area contributed by atoms with Crippen molar-refractivity contribution in [2.45, 2.75) is 77.0 Å². The lowest BCUT2D eigenvalue weighted by Gasteiger charge is -2.29. The number of nitrogens with one attached hydrogen (secondary N) is 5. The Morgan fingerprint density at radius 1 is 1.00 bits per heavy atom. The Morgan fingerprint density at radius 2 is 1.73 bits per heavy atom. The summed E-state index contributed by atoms with van der Waals surface area (Å²) in [5.74, 6) is -0.655. The highest BCUT2D eigenvalue weighted by atomic mass is 16.5. The monoisotopic (exact) mass is 715 g/mol. The molecule has 14 nitrogen and oxygen atoms in total. The maximum atomic E-state index is 14.0. The Kier molecular flexibility index (Phi) is 12.9. The first kappa shape index (κ1) is 37.8. The van der Waals surface area contributed by atoms with Crippen LogP contribution < -0.4 is 30.7 Å². The number of hydrogen-bond donors (Lipinski definition) is 5. The Morgan fingerprint density at radius 3 is 2.37 bits per heavy atom. The summed E-state index contributed by atoms with van der Waals surface area (Å²) in [5, 5.41) is 17.9. The summed E-state index contributed by atoms with van der Waals surface area (Å²) in [6.07, 6.45) is 5.55. The predicted octanol–water partition coefficient (Wildman–Crippen LogP) is 2.15. The molecule has 3 aliphatic rings. The highest BCUT2D eigenvalue weighted by Crippen LogP contribution is 2.30. The lowest BCUT2D eigenvalue weighted by molar-refractivity contribution is -0.140. The number of H-pyrrole nitrogens is 1. The van der Waals surface area contributed by atoms with Gasteiger partial charge in [0.15, 0.2) is 0 Å². The van der Waals surface area contributed by atoms with Crippen LogP contribution in [0.4, 0.5) is 0 Å². The van der Waals surface area contributed by atoms with Crippen molar-refractivity contribution in [2.75, 3.05) is 26.8 Å². The third-order valence-corrected chi connectivity index (χ3v) is 9.10. The zero-order valence-corrected chi connectivity index (χ0v) is 30.1. The van der Waals surface area contributed by atoms with E-state index in [1.54, 1.807) is 62.6 Å². The maximum Gasteiger partial charge on any atom is 0.255 e. The van der Waals surface area contributed by atoms with Crippen LogP contribution in [0.15, 0.2) is 60.9 Å². The second-order valence-corrected chi connectivity index (χ2v) is 14.1. The molecule has 2 aromatic carbocycles. The minimum absolute atomic E-state index is 0.0857. The Bertz CT molecular complexity index is 1670. The molecule has 2 bridgehead atoms. The lowest BCUT2D eigenvalue weighted by atomic mass is 10.0. The predicted molar refractivity (Wildman–Crippen MR) is 192 cm³/mol. The van der Waals surface area contributed by atoms with Crippen molar-refractivity contribution in [3.05, 3.63) is 77.6 Å². The van der Waals surface area contributed by atoms with Gasteiger partial charge in [-0.05, 0) is 73.4 Å². The average molecular weight is 716 g/mol. The molecule has 5 N–H and O–H groups in total. The van der Waals surface area contributed by atoms with E-state index in [1.807, 2.05) is 0 Å². The number of nitrogens with zero attached hydrogens (tertiary/aromatic N) is 2. The first-order valence-corrected chi connectivity index (χ1v) is 17.8. The van der Waals surface area contributed by atoms with Gasteiger partial charge in [0.1, 0.15) is 36.2 Å². The van der Waals surface area contributed by atoms with E-state index >= 15 is 0 Å². The van der Waals surface area contributed by atoms with Gasteiger partial charge in [0.2, 0.25) is 23.6 Å². The Hall–Kier alpha value is -5.40. The summed E-state index contributed by atoms with van der Waals surface area (Å²) in [7, 11) is 1.55. The maximum absolute atomic E-state index is 14.0. The molecule has 2 aliphatic heterocycles. The van der Waals surface area contributed by atoms with Crippen LogP contribution in [0.3, 0.4) is 0 Å². The molecule has 6 rings (SSSR count). The first-order chi connectivity index (χ1) is 25.0. The number of carbonyl (C=O) groups excluding carboxylic acids is 5. The molecule has 0 unspecified atom stereocenters. The molecule has 3 heterocycles. The highest BCUT2D eigenvalue weighted by molar-refractivity contribution is 5.98. The molecule has 5 amide bonds. The molecule has 3 aromatic rings. The SMILES string of the molecule is COc1ccc(C[C@@H]2NC(=O)[C@@H](NC(=O)c3cn[nH]c3)Cc3ccc(cc3)OC[C@H](CC(C)C)NC(=O)CN(CC3CC3)C(=O)[C@@H](C)NC2=O)cc1.